The molecule has 0 aromatic heterocycles. The zero-order valence-corrected chi connectivity index (χ0v) is 10.8. The maximum absolute atomic E-state index is 12.0. The summed E-state index contributed by atoms with van der Waals surface area (Å²) in [4.78, 5) is 23.1. The van der Waals surface area contributed by atoms with Gasteiger partial charge in [0.1, 0.15) is 0 Å². The van der Waals surface area contributed by atoms with Crippen molar-refractivity contribution in [2.45, 2.75) is 25.4 Å². The maximum Gasteiger partial charge on any atom is 0.336 e. The van der Waals surface area contributed by atoms with E-state index in [-0.39, 0.29) is 22.6 Å². The summed E-state index contributed by atoms with van der Waals surface area (Å²) in [6.45, 7) is 3.04. The first-order valence-electron chi connectivity index (χ1n) is 6.26. The molecule has 0 aliphatic carbocycles. The summed E-state index contributed by atoms with van der Waals surface area (Å²) in [5.41, 5.74) is -0.150. The van der Waals surface area contributed by atoms with Gasteiger partial charge in [-0.3, -0.25) is 4.79 Å². The number of carbonyl (C=O) groups is 2. The van der Waals surface area contributed by atoms with E-state index in [0.717, 1.165) is 12.8 Å². The zero-order valence-electron chi connectivity index (χ0n) is 10.8. The van der Waals surface area contributed by atoms with Gasteiger partial charge in [-0.1, -0.05) is 12.1 Å². The molecule has 1 aromatic carbocycles. The lowest BCUT2D eigenvalue weighted by Gasteiger charge is -2.23. The molecular formula is C14H17NO4. The molecule has 0 bridgehead atoms. The number of hydrogen-bond acceptors (Lipinski definition) is 3. The molecular weight excluding hydrogens is 246 g/mol. The molecule has 1 unspecified atom stereocenters. The Labute approximate surface area is 111 Å². The molecule has 1 atom stereocenters. The number of carbonyl (C=O) groups excluding carboxylic acids is 1. The molecule has 2 N–H and O–H groups in total. The molecule has 0 spiro atoms. The van der Waals surface area contributed by atoms with E-state index in [4.69, 9.17) is 9.84 Å². The predicted molar refractivity (Wildman–Crippen MR) is 69.3 cm³/mol. The van der Waals surface area contributed by atoms with E-state index in [1.54, 1.807) is 12.1 Å². The molecule has 1 aliphatic rings. The van der Waals surface area contributed by atoms with Crippen LogP contribution in [0.25, 0.3) is 0 Å². The molecule has 1 saturated heterocycles. The van der Waals surface area contributed by atoms with Gasteiger partial charge in [0, 0.05) is 13.2 Å². The molecule has 19 heavy (non-hydrogen) atoms. The maximum atomic E-state index is 12.0. The summed E-state index contributed by atoms with van der Waals surface area (Å²) < 4.78 is 5.57. The van der Waals surface area contributed by atoms with Gasteiger partial charge in [0.2, 0.25) is 0 Å². The topological polar surface area (TPSA) is 75.6 Å². The summed E-state index contributed by atoms with van der Waals surface area (Å²) in [5.74, 6) is -1.48. The van der Waals surface area contributed by atoms with E-state index in [9.17, 15) is 9.59 Å². The molecule has 5 nitrogen and oxygen atoms in total. The van der Waals surface area contributed by atoms with Gasteiger partial charge in [0.05, 0.1) is 16.7 Å². The molecule has 5 heteroatoms. The number of carboxylic acids is 1. The Morgan fingerprint density at radius 1 is 1.37 bits per heavy atom. The lowest BCUT2D eigenvalue weighted by atomic mass is 10.0. The number of ether oxygens (including phenoxy) is 1. The van der Waals surface area contributed by atoms with Crippen molar-refractivity contribution in [1.29, 1.82) is 0 Å². The Kier molecular flexibility index (Phi) is 3.85. The van der Waals surface area contributed by atoms with E-state index in [1.807, 2.05) is 6.92 Å². The second-order valence-corrected chi connectivity index (χ2v) is 4.94. The monoisotopic (exact) mass is 263 g/mol. The van der Waals surface area contributed by atoms with Gasteiger partial charge < -0.3 is 15.2 Å². The smallest absolute Gasteiger partial charge is 0.336 e. The van der Waals surface area contributed by atoms with E-state index in [0.29, 0.717) is 13.2 Å². The summed E-state index contributed by atoms with van der Waals surface area (Å²) in [6.07, 6.45) is 1.88. The van der Waals surface area contributed by atoms with E-state index >= 15 is 0 Å². The van der Waals surface area contributed by atoms with Crippen molar-refractivity contribution in [1.82, 2.24) is 5.32 Å². The normalized spacial score (nSPS) is 22.2. The molecule has 0 saturated carbocycles. The SMILES string of the molecule is CC1(CNC(=O)c2ccccc2C(=O)O)CCCO1. The third-order valence-electron chi connectivity index (χ3n) is 3.33. The van der Waals surface area contributed by atoms with Crippen molar-refractivity contribution in [3.8, 4) is 0 Å². The Morgan fingerprint density at radius 2 is 2.05 bits per heavy atom. The highest BCUT2D eigenvalue weighted by Gasteiger charge is 2.30. The van der Waals surface area contributed by atoms with Crippen molar-refractivity contribution in [3.63, 3.8) is 0 Å². The van der Waals surface area contributed by atoms with Crippen molar-refractivity contribution < 1.29 is 19.4 Å². The highest BCUT2D eigenvalue weighted by atomic mass is 16.5. The van der Waals surface area contributed by atoms with Crippen LogP contribution in [0.5, 0.6) is 0 Å². The molecule has 1 heterocycles. The van der Waals surface area contributed by atoms with Crippen molar-refractivity contribution in [2.75, 3.05) is 13.2 Å². The van der Waals surface area contributed by atoms with Gasteiger partial charge in [0.25, 0.3) is 5.91 Å². The number of aromatic carboxylic acids is 1. The molecule has 1 fully saturated rings. The van der Waals surface area contributed by atoms with Crippen LogP contribution in [0.3, 0.4) is 0 Å². The quantitative estimate of drug-likeness (QED) is 0.866. The second kappa shape index (κ2) is 5.40. The first-order chi connectivity index (χ1) is 9.02. The Morgan fingerprint density at radius 3 is 2.63 bits per heavy atom. The van der Waals surface area contributed by atoms with Crippen LogP contribution in [-0.2, 0) is 4.74 Å². The average Bonchev–Trinajstić information content (AvgIpc) is 2.83. The molecule has 0 radical (unpaired) electrons. The van der Waals surface area contributed by atoms with E-state index < -0.39 is 5.97 Å². The van der Waals surface area contributed by atoms with Crippen LogP contribution in [0, 0.1) is 0 Å². The third-order valence-corrected chi connectivity index (χ3v) is 3.33. The number of amides is 1. The predicted octanol–water partition coefficient (Wildman–Crippen LogP) is 1.68. The van der Waals surface area contributed by atoms with Gasteiger partial charge in [-0.2, -0.15) is 0 Å². The molecule has 1 aliphatic heterocycles. The van der Waals surface area contributed by atoms with Crippen LogP contribution in [0.1, 0.15) is 40.5 Å². The summed E-state index contributed by atoms with van der Waals surface area (Å²) in [5, 5.41) is 11.8. The van der Waals surface area contributed by atoms with Gasteiger partial charge >= 0.3 is 5.97 Å². The summed E-state index contributed by atoms with van der Waals surface area (Å²) in [7, 11) is 0. The standard InChI is InChI=1S/C14H17NO4/c1-14(7-4-8-19-14)9-15-12(16)10-5-2-3-6-11(10)13(17)18/h2-3,5-6H,4,7-9H2,1H3,(H,15,16)(H,17,18). The van der Waals surface area contributed by atoms with Crippen LogP contribution < -0.4 is 5.32 Å². The average molecular weight is 263 g/mol. The fraction of sp³-hybridized carbons (Fsp3) is 0.429. The fourth-order valence-electron chi connectivity index (χ4n) is 2.21. The lowest BCUT2D eigenvalue weighted by Crippen LogP contribution is -2.40. The van der Waals surface area contributed by atoms with Crippen molar-refractivity contribution >= 4 is 11.9 Å². The number of nitrogens with one attached hydrogen (secondary N) is 1. The van der Waals surface area contributed by atoms with Crippen molar-refractivity contribution in [2.24, 2.45) is 0 Å². The van der Waals surface area contributed by atoms with Crippen LogP contribution in [0.2, 0.25) is 0 Å². The first kappa shape index (κ1) is 13.5. The second-order valence-electron chi connectivity index (χ2n) is 4.94. The summed E-state index contributed by atoms with van der Waals surface area (Å²) in [6, 6.07) is 6.18. The zero-order chi connectivity index (χ0) is 13.9. The Hall–Kier alpha value is -1.88. The molecule has 102 valence electrons. The molecule has 1 aromatic rings. The number of hydrogen-bond donors (Lipinski definition) is 2. The summed E-state index contributed by atoms with van der Waals surface area (Å²) >= 11 is 0. The lowest BCUT2D eigenvalue weighted by molar-refractivity contribution is 0.0206. The Balaban J connectivity index is 2.06. The fourth-order valence-corrected chi connectivity index (χ4v) is 2.21. The first-order valence-corrected chi connectivity index (χ1v) is 6.26. The minimum absolute atomic E-state index is 0.0116. The van der Waals surface area contributed by atoms with Crippen LogP contribution >= 0.6 is 0 Å². The number of rotatable bonds is 4. The van der Waals surface area contributed by atoms with E-state index in [1.165, 1.54) is 12.1 Å². The largest absolute Gasteiger partial charge is 0.478 e. The van der Waals surface area contributed by atoms with Crippen LogP contribution in [0.4, 0.5) is 0 Å². The minimum atomic E-state index is -1.10. The third kappa shape index (κ3) is 3.12. The number of benzene rings is 1. The van der Waals surface area contributed by atoms with Gasteiger partial charge in [0.15, 0.2) is 0 Å². The highest BCUT2D eigenvalue weighted by molar-refractivity contribution is 6.04. The number of carboxylic acid groups (broad SMARTS) is 1. The molecule has 1 amide bonds. The van der Waals surface area contributed by atoms with Gasteiger partial charge in [-0.05, 0) is 31.9 Å². The van der Waals surface area contributed by atoms with Gasteiger partial charge in [-0.15, -0.1) is 0 Å². The van der Waals surface area contributed by atoms with Crippen molar-refractivity contribution in [3.05, 3.63) is 35.4 Å². The van der Waals surface area contributed by atoms with Crippen LogP contribution in [-0.4, -0.2) is 35.7 Å². The van der Waals surface area contributed by atoms with Gasteiger partial charge in [-0.25, -0.2) is 4.79 Å². The Bertz CT molecular complexity index is 492. The van der Waals surface area contributed by atoms with E-state index in [2.05, 4.69) is 5.32 Å². The molecule has 2 rings (SSSR count). The highest BCUT2D eigenvalue weighted by Crippen LogP contribution is 2.24. The minimum Gasteiger partial charge on any atom is -0.478 e. The van der Waals surface area contributed by atoms with Crippen LogP contribution in [0.15, 0.2) is 24.3 Å².